The van der Waals surface area contributed by atoms with E-state index in [4.69, 9.17) is 9.47 Å². The maximum atomic E-state index is 13.7. The molecule has 0 saturated heterocycles. The number of carbonyl (C=O) groups is 4. The summed E-state index contributed by atoms with van der Waals surface area (Å²) in [6.45, 7) is 7.84. The first-order chi connectivity index (χ1) is 26.3. The number of esters is 1. The van der Waals surface area contributed by atoms with Crippen LogP contribution in [-0.4, -0.2) is 60.8 Å². The first-order valence-corrected chi connectivity index (χ1v) is 18.9. The number of hydrogen-bond donors (Lipinski definition) is 4. The average Bonchev–Trinajstić information content (AvgIpc) is 3.19. The summed E-state index contributed by atoms with van der Waals surface area (Å²) in [6.07, 6.45) is 7.95. The number of ether oxygens (including phenoxy) is 2. The van der Waals surface area contributed by atoms with Gasteiger partial charge < -0.3 is 30.5 Å². The smallest absolute Gasteiger partial charge is 0.407 e. The van der Waals surface area contributed by atoms with Gasteiger partial charge in [-0.3, -0.25) is 14.4 Å². The molecule has 3 amide bonds. The topological polar surface area (TPSA) is 143 Å². The van der Waals surface area contributed by atoms with Crippen molar-refractivity contribution in [2.75, 3.05) is 19.8 Å². The van der Waals surface area contributed by atoms with Crippen molar-refractivity contribution in [1.29, 1.82) is 0 Å². The summed E-state index contributed by atoms with van der Waals surface area (Å²) in [4.78, 5) is 52.5. The molecule has 0 fully saturated rings. The highest BCUT2D eigenvalue weighted by atomic mass is 16.5. The predicted molar refractivity (Wildman–Crippen MR) is 211 cm³/mol. The molecule has 3 rings (SSSR count). The third-order valence-electron chi connectivity index (χ3n) is 9.02. The molecule has 54 heavy (non-hydrogen) atoms. The molecular weight excluding hydrogens is 682 g/mol. The molecule has 10 heteroatoms. The van der Waals surface area contributed by atoms with Crippen LogP contribution in [0.2, 0.25) is 0 Å². The summed E-state index contributed by atoms with van der Waals surface area (Å²) >= 11 is 0. The van der Waals surface area contributed by atoms with Gasteiger partial charge in [-0.15, -0.1) is 13.2 Å². The molecule has 290 valence electrons. The van der Waals surface area contributed by atoms with E-state index in [0.29, 0.717) is 45.1 Å². The number of rotatable bonds is 26. The van der Waals surface area contributed by atoms with Gasteiger partial charge in [0.2, 0.25) is 11.8 Å². The molecule has 0 bridgehead atoms. The van der Waals surface area contributed by atoms with Crippen LogP contribution in [-0.2, 0) is 43.3 Å². The van der Waals surface area contributed by atoms with Crippen LogP contribution in [0.4, 0.5) is 4.79 Å². The Balaban J connectivity index is 1.61. The lowest BCUT2D eigenvalue weighted by Gasteiger charge is -2.24. The fraction of sp³-hybridized carbons (Fsp3) is 0.409. The van der Waals surface area contributed by atoms with Gasteiger partial charge >= 0.3 is 12.1 Å². The number of nitrogens with one attached hydrogen (secondary N) is 3. The SMILES string of the molecule is C=CCCC[C@H](Cc1ccccc1)C(=O)OC[C@H](CCCCNC(=O)OCc1ccccc1)NC(=O)[C@@H](CC=C)CC(=O)N[C@H](CO)Cc1ccccc1. The van der Waals surface area contributed by atoms with Crippen LogP contribution in [0.3, 0.4) is 0 Å². The Bertz CT molecular complexity index is 1550. The maximum absolute atomic E-state index is 13.7. The summed E-state index contributed by atoms with van der Waals surface area (Å²) in [5.74, 6) is -2.13. The normalized spacial score (nSPS) is 13.0. The molecule has 0 aromatic heterocycles. The second-order valence-electron chi connectivity index (χ2n) is 13.5. The Morgan fingerprint density at radius 3 is 1.93 bits per heavy atom. The van der Waals surface area contributed by atoms with Crippen LogP contribution < -0.4 is 16.0 Å². The largest absolute Gasteiger partial charge is 0.463 e. The van der Waals surface area contributed by atoms with Crippen LogP contribution in [0.5, 0.6) is 0 Å². The fourth-order valence-corrected chi connectivity index (χ4v) is 6.06. The van der Waals surface area contributed by atoms with Crippen LogP contribution in [0, 0.1) is 11.8 Å². The molecule has 4 N–H and O–H groups in total. The van der Waals surface area contributed by atoms with Gasteiger partial charge in [0.1, 0.15) is 13.2 Å². The summed E-state index contributed by atoms with van der Waals surface area (Å²) in [5.41, 5.74) is 2.90. The second kappa shape index (κ2) is 25.7. The molecule has 0 aliphatic rings. The van der Waals surface area contributed by atoms with Crippen LogP contribution in [0.15, 0.2) is 116 Å². The number of carbonyl (C=O) groups excluding carboxylic acids is 4. The maximum Gasteiger partial charge on any atom is 0.407 e. The molecule has 0 heterocycles. The van der Waals surface area contributed by atoms with E-state index < -0.39 is 24.1 Å². The van der Waals surface area contributed by atoms with Crippen LogP contribution >= 0.6 is 0 Å². The lowest BCUT2D eigenvalue weighted by Crippen LogP contribution is -2.45. The minimum atomic E-state index is -0.720. The minimum Gasteiger partial charge on any atom is -0.463 e. The van der Waals surface area contributed by atoms with E-state index in [-0.39, 0.29) is 56.4 Å². The Morgan fingerprint density at radius 1 is 0.685 bits per heavy atom. The van der Waals surface area contributed by atoms with Crippen molar-refractivity contribution in [2.45, 2.75) is 82.9 Å². The van der Waals surface area contributed by atoms with Gasteiger partial charge in [0.15, 0.2) is 0 Å². The number of aliphatic hydroxyl groups is 1. The molecule has 0 saturated carbocycles. The lowest BCUT2D eigenvalue weighted by molar-refractivity contribution is -0.150. The minimum absolute atomic E-state index is 0.0411. The van der Waals surface area contributed by atoms with Crippen molar-refractivity contribution < 1.29 is 33.8 Å². The first-order valence-electron chi connectivity index (χ1n) is 18.9. The van der Waals surface area contributed by atoms with Gasteiger partial charge in [-0.05, 0) is 74.5 Å². The van der Waals surface area contributed by atoms with E-state index in [1.807, 2.05) is 97.1 Å². The molecule has 4 atom stereocenters. The van der Waals surface area contributed by atoms with Crippen molar-refractivity contribution in [1.82, 2.24) is 16.0 Å². The van der Waals surface area contributed by atoms with E-state index in [2.05, 4.69) is 29.1 Å². The zero-order chi connectivity index (χ0) is 38.8. The molecule has 0 aliphatic carbocycles. The van der Waals surface area contributed by atoms with Crippen LogP contribution in [0.25, 0.3) is 0 Å². The zero-order valence-corrected chi connectivity index (χ0v) is 31.3. The number of allylic oxidation sites excluding steroid dienone is 2. The van der Waals surface area contributed by atoms with Crippen molar-refractivity contribution >= 4 is 23.9 Å². The highest BCUT2D eigenvalue weighted by molar-refractivity contribution is 5.86. The van der Waals surface area contributed by atoms with Gasteiger partial charge in [-0.2, -0.15) is 0 Å². The third kappa shape index (κ3) is 17.5. The third-order valence-corrected chi connectivity index (χ3v) is 9.02. The first kappa shape index (κ1) is 43.2. The number of alkyl carbamates (subject to hydrolysis) is 1. The summed E-state index contributed by atoms with van der Waals surface area (Å²) in [5, 5.41) is 18.6. The fourth-order valence-electron chi connectivity index (χ4n) is 6.06. The molecule has 0 aliphatic heterocycles. The van der Waals surface area contributed by atoms with Crippen LogP contribution in [0.1, 0.15) is 68.1 Å². The van der Waals surface area contributed by atoms with E-state index in [9.17, 15) is 24.3 Å². The van der Waals surface area contributed by atoms with E-state index >= 15 is 0 Å². The number of unbranched alkanes of at least 4 members (excludes halogenated alkanes) is 2. The monoisotopic (exact) mass is 739 g/mol. The molecule has 3 aromatic carbocycles. The molecular formula is C44H57N3O7. The van der Waals surface area contributed by atoms with Crippen molar-refractivity contribution in [3.8, 4) is 0 Å². The Morgan fingerprint density at radius 2 is 1.31 bits per heavy atom. The molecule has 10 nitrogen and oxygen atoms in total. The molecule has 3 aromatic rings. The van der Waals surface area contributed by atoms with E-state index in [1.165, 1.54) is 0 Å². The Labute approximate surface area is 320 Å². The molecule has 0 unspecified atom stereocenters. The predicted octanol–water partition coefficient (Wildman–Crippen LogP) is 6.63. The van der Waals surface area contributed by atoms with Gasteiger partial charge in [-0.1, -0.05) is 103 Å². The van der Waals surface area contributed by atoms with Gasteiger partial charge in [0.25, 0.3) is 0 Å². The van der Waals surface area contributed by atoms with Crippen molar-refractivity contribution in [2.24, 2.45) is 11.8 Å². The summed E-state index contributed by atoms with van der Waals surface area (Å²) in [7, 11) is 0. The zero-order valence-electron chi connectivity index (χ0n) is 31.3. The Hall–Kier alpha value is -5.22. The molecule has 0 spiro atoms. The average molecular weight is 740 g/mol. The quantitative estimate of drug-likeness (QED) is 0.0412. The van der Waals surface area contributed by atoms with Crippen molar-refractivity contribution in [3.05, 3.63) is 133 Å². The van der Waals surface area contributed by atoms with E-state index in [1.54, 1.807) is 6.08 Å². The molecule has 0 radical (unpaired) electrons. The number of benzene rings is 3. The summed E-state index contributed by atoms with van der Waals surface area (Å²) < 4.78 is 11.2. The number of hydrogen-bond acceptors (Lipinski definition) is 7. The number of amides is 3. The number of aliphatic hydroxyl groups excluding tert-OH is 1. The van der Waals surface area contributed by atoms with Gasteiger partial charge in [0.05, 0.1) is 30.5 Å². The van der Waals surface area contributed by atoms with Gasteiger partial charge in [-0.25, -0.2) is 4.79 Å². The summed E-state index contributed by atoms with van der Waals surface area (Å²) in [6, 6.07) is 27.7. The Kier molecular flexibility index (Phi) is 20.6. The second-order valence-corrected chi connectivity index (χ2v) is 13.5. The van der Waals surface area contributed by atoms with Gasteiger partial charge in [0, 0.05) is 13.0 Å². The lowest BCUT2D eigenvalue weighted by atomic mass is 9.94. The van der Waals surface area contributed by atoms with Crippen molar-refractivity contribution in [3.63, 3.8) is 0 Å². The van der Waals surface area contributed by atoms with E-state index in [0.717, 1.165) is 29.5 Å². The highest BCUT2D eigenvalue weighted by Crippen LogP contribution is 2.19. The highest BCUT2D eigenvalue weighted by Gasteiger charge is 2.26. The standard InChI is InChI=1S/C44H57N3O7/c1-3-5-9-25-38(28-34-19-10-6-11-20-34)43(51)53-33-39(26-16-17-27-45-44(52)54-32-36-23-14-8-15-24-36)47-42(50)37(18-4-2)30-41(49)46-40(31-48)29-35-21-12-7-13-22-35/h3-4,6-8,10-15,19-24,37-40,48H,1-2,5,9,16-18,25-33H2,(H,45,52)(H,46,49)(H,47,50)/t37-,38+,39-,40-/m0/s1.